The van der Waals surface area contributed by atoms with Gasteiger partial charge in [0.05, 0.1) is 0 Å². The van der Waals surface area contributed by atoms with E-state index in [1.165, 1.54) is 5.56 Å². The van der Waals surface area contributed by atoms with Crippen molar-refractivity contribution in [3.8, 4) is 5.75 Å². The van der Waals surface area contributed by atoms with Gasteiger partial charge in [0, 0.05) is 21.6 Å². The van der Waals surface area contributed by atoms with Crippen molar-refractivity contribution in [1.82, 2.24) is 5.32 Å². The van der Waals surface area contributed by atoms with Crippen LogP contribution in [0.15, 0.2) is 46.9 Å². The Balaban J connectivity index is 2.01. The van der Waals surface area contributed by atoms with Gasteiger partial charge < -0.3 is 10.1 Å². The van der Waals surface area contributed by atoms with Crippen molar-refractivity contribution in [3.05, 3.63) is 63.1 Å². The van der Waals surface area contributed by atoms with Crippen LogP contribution in [0.2, 0.25) is 5.02 Å². The normalized spacial score (nSPS) is 10.5. The first-order valence-electron chi connectivity index (χ1n) is 5.99. The lowest BCUT2D eigenvalue weighted by molar-refractivity contribution is 0.305. The number of hydrogen-bond donors (Lipinski definition) is 1. The summed E-state index contributed by atoms with van der Waals surface area (Å²) in [6, 6.07) is 13.7. The van der Waals surface area contributed by atoms with E-state index in [1.54, 1.807) is 0 Å². The Morgan fingerprint density at radius 2 is 1.89 bits per heavy atom. The molecule has 1 N–H and O–H groups in total. The first kappa shape index (κ1) is 14.4. The molecule has 0 saturated heterocycles. The maximum Gasteiger partial charge on any atom is 0.119 e. The molecule has 4 heteroatoms. The van der Waals surface area contributed by atoms with Gasteiger partial charge in [-0.05, 0) is 42.9 Å². The molecule has 0 fully saturated rings. The third-order valence-electron chi connectivity index (χ3n) is 2.71. The summed E-state index contributed by atoms with van der Waals surface area (Å²) in [5.74, 6) is 0.815. The second-order valence-corrected chi connectivity index (χ2v) is 5.49. The summed E-state index contributed by atoms with van der Waals surface area (Å²) in [4.78, 5) is 0. The lowest BCUT2D eigenvalue weighted by Gasteiger charge is -2.09. The summed E-state index contributed by atoms with van der Waals surface area (Å²) in [6.07, 6.45) is 0. The van der Waals surface area contributed by atoms with Crippen LogP contribution in [-0.4, -0.2) is 7.05 Å². The Morgan fingerprint density at radius 3 is 2.53 bits per heavy atom. The maximum atomic E-state index is 5.83. The van der Waals surface area contributed by atoms with Gasteiger partial charge >= 0.3 is 0 Å². The molecule has 0 aliphatic carbocycles. The van der Waals surface area contributed by atoms with Crippen molar-refractivity contribution in [3.63, 3.8) is 0 Å². The smallest absolute Gasteiger partial charge is 0.119 e. The highest BCUT2D eigenvalue weighted by Gasteiger charge is 2.03. The Bertz CT molecular complexity index is 542. The number of nitrogens with one attached hydrogen (secondary N) is 1. The first-order valence-corrected chi connectivity index (χ1v) is 7.16. The van der Waals surface area contributed by atoms with E-state index in [9.17, 15) is 0 Å². The van der Waals surface area contributed by atoms with E-state index in [-0.39, 0.29) is 0 Å². The first-order chi connectivity index (χ1) is 9.19. The van der Waals surface area contributed by atoms with E-state index in [2.05, 4.69) is 39.4 Å². The van der Waals surface area contributed by atoms with E-state index >= 15 is 0 Å². The summed E-state index contributed by atoms with van der Waals surface area (Å²) < 4.78 is 6.79. The average molecular weight is 341 g/mol. The number of hydrogen-bond acceptors (Lipinski definition) is 2. The van der Waals surface area contributed by atoms with Crippen molar-refractivity contribution >= 4 is 27.5 Å². The molecule has 2 rings (SSSR count). The highest BCUT2D eigenvalue weighted by atomic mass is 79.9. The van der Waals surface area contributed by atoms with Crippen molar-refractivity contribution < 1.29 is 4.74 Å². The fourth-order valence-corrected chi connectivity index (χ4v) is 2.38. The Hall–Kier alpha value is -1.03. The molecule has 100 valence electrons. The van der Waals surface area contributed by atoms with Gasteiger partial charge in [-0.2, -0.15) is 0 Å². The molecule has 0 atom stereocenters. The molecule has 0 spiro atoms. The monoisotopic (exact) mass is 339 g/mol. The van der Waals surface area contributed by atoms with E-state index in [4.69, 9.17) is 16.3 Å². The van der Waals surface area contributed by atoms with E-state index < -0.39 is 0 Å². The van der Waals surface area contributed by atoms with Gasteiger partial charge in [-0.3, -0.25) is 0 Å². The zero-order valence-electron chi connectivity index (χ0n) is 10.6. The van der Waals surface area contributed by atoms with Gasteiger partial charge in [-0.15, -0.1) is 0 Å². The van der Waals surface area contributed by atoms with Crippen molar-refractivity contribution in [1.29, 1.82) is 0 Å². The van der Waals surface area contributed by atoms with Crippen LogP contribution >= 0.6 is 27.5 Å². The van der Waals surface area contributed by atoms with Crippen LogP contribution in [0.25, 0.3) is 0 Å². The minimum Gasteiger partial charge on any atom is -0.489 e. The molecule has 2 nitrogen and oxygen atoms in total. The van der Waals surface area contributed by atoms with E-state index in [0.29, 0.717) is 11.6 Å². The van der Waals surface area contributed by atoms with E-state index in [0.717, 1.165) is 22.3 Å². The van der Waals surface area contributed by atoms with Crippen LogP contribution in [0.4, 0.5) is 0 Å². The molecule has 0 amide bonds. The van der Waals surface area contributed by atoms with Crippen LogP contribution in [0.1, 0.15) is 11.1 Å². The minimum absolute atomic E-state index is 0.530. The number of benzene rings is 2. The fraction of sp³-hybridized carbons (Fsp3) is 0.200. The summed E-state index contributed by atoms with van der Waals surface area (Å²) in [5.41, 5.74) is 2.36. The second-order valence-electron chi connectivity index (χ2n) is 4.20. The zero-order chi connectivity index (χ0) is 13.7. The van der Waals surface area contributed by atoms with Crippen LogP contribution in [-0.2, 0) is 13.2 Å². The number of ether oxygens (including phenoxy) is 1. The molecule has 0 aromatic heterocycles. The highest BCUT2D eigenvalue weighted by molar-refractivity contribution is 9.10. The van der Waals surface area contributed by atoms with Crippen LogP contribution in [0, 0.1) is 0 Å². The Labute approximate surface area is 126 Å². The topological polar surface area (TPSA) is 21.3 Å². The van der Waals surface area contributed by atoms with Gasteiger partial charge in [-0.1, -0.05) is 39.7 Å². The van der Waals surface area contributed by atoms with Crippen LogP contribution < -0.4 is 10.1 Å². The minimum atomic E-state index is 0.530. The van der Waals surface area contributed by atoms with Gasteiger partial charge in [-0.25, -0.2) is 0 Å². The van der Waals surface area contributed by atoms with Crippen molar-refractivity contribution in [2.24, 2.45) is 0 Å². The Kier molecular flexibility index (Phi) is 5.25. The van der Waals surface area contributed by atoms with Crippen molar-refractivity contribution in [2.75, 3.05) is 7.05 Å². The Morgan fingerprint density at radius 1 is 1.16 bits per heavy atom. The third-order valence-corrected chi connectivity index (χ3v) is 3.70. The summed E-state index contributed by atoms with van der Waals surface area (Å²) in [5, 5.41) is 3.84. The SMILES string of the molecule is CNCc1ccc(COc2ccc(Cl)cc2)c(Br)c1. The van der Waals surface area contributed by atoms with Gasteiger partial charge in [0.15, 0.2) is 0 Å². The lowest BCUT2D eigenvalue weighted by atomic mass is 10.1. The third kappa shape index (κ3) is 4.23. The predicted octanol–water partition coefficient (Wildman–Crippen LogP) is 4.40. The molecule has 0 aliphatic rings. The van der Waals surface area contributed by atoms with Crippen LogP contribution in [0.5, 0.6) is 5.75 Å². The molecule has 0 bridgehead atoms. The molecule has 0 unspecified atom stereocenters. The van der Waals surface area contributed by atoms with E-state index in [1.807, 2.05) is 31.3 Å². The molecule has 19 heavy (non-hydrogen) atoms. The quantitative estimate of drug-likeness (QED) is 0.871. The van der Waals surface area contributed by atoms with Crippen LogP contribution in [0.3, 0.4) is 0 Å². The highest BCUT2D eigenvalue weighted by Crippen LogP contribution is 2.22. The number of rotatable bonds is 5. The molecule has 2 aromatic rings. The van der Waals surface area contributed by atoms with Gasteiger partial charge in [0.2, 0.25) is 0 Å². The molecular weight excluding hydrogens is 326 g/mol. The molecule has 0 heterocycles. The summed E-state index contributed by atoms with van der Waals surface area (Å²) in [6.45, 7) is 1.39. The maximum absolute atomic E-state index is 5.83. The standard InChI is InChI=1S/C15H15BrClNO/c1-18-9-11-2-3-12(15(16)8-11)10-19-14-6-4-13(17)5-7-14/h2-8,18H,9-10H2,1H3. The molecular formula is C15H15BrClNO. The zero-order valence-corrected chi connectivity index (χ0v) is 13.0. The summed E-state index contributed by atoms with van der Waals surface area (Å²) >= 11 is 9.41. The number of halogens is 2. The van der Waals surface area contributed by atoms with Crippen molar-refractivity contribution in [2.45, 2.75) is 13.2 Å². The molecule has 0 saturated carbocycles. The second kappa shape index (κ2) is 6.94. The predicted molar refractivity (Wildman–Crippen MR) is 82.7 cm³/mol. The molecule has 2 aromatic carbocycles. The average Bonchev–Trinajstić information content (AvgIpc) is 2.40. The van der Waals surface area contributed by atoms with Gasteiger partial charge in [0.1, 0.15) is 12.4 Å². The fourth-order valence-electron chi connectivity index (χ4n) is 1.71. The lowest BCUT2D eigenvalue weighted by Crippen LogP contribution is -2.05. The summed E-state index contributed by atoms with van der Waals surface area (Å²) in [7, 11) is 1.94. The molecule has 0 aliphatic heterocycles. The molecule has 0 radical (unpaired) electrons. The van der Waals surface area contributed by atoms with Gasteiger partial charge in [0.25, 0.3) is 0 Å². The largest absolute Gasteiger partial charge is 0.489 e.